The lowest BCUT2D eigenvalue weighted by Gasteiger charge is -2.31. The number of rotatable bonds is 8. The first kappa shape index (κ1) is 16.8. The number of nitrogens with zero attached hydrogens (tertiary/aromatic N) is 1. The lowest BCUT2D eigenvalue weighted by molar-refractivity contribution is -0.0137. The Hall–Kier alpha value is -0.550. The Balaban J connectivity index is 1.78. The van der Waals surface area contributed by atoms with Crippen LogP contribution in [0.25, 0.3) is 0 Å². The van der Waals surface area contributed by atoms with E-state index in [1.165, 1.54) is 16.9 Å². The van der Waals surface area contributed by atoms with Crippen LogP contribution < -0.4 is 5.32 Å². The molecule has 118 valence electrons. The molecule has 1 aliphatic rings. The van der Waals surface area contributed by atoms with E-state index in [1.54, 1.807) is 0 Å². The third kappa shape index (κ3) is 5.99. The fourth-order valence-corrected chi connectivity index (χ4v) is 3.50. The number of ether oxygens (including phenoxy) is 1. The molecule has 1 atom stereocenters. The Morgan fingerprint density at radius 2 is 2.29 bits per heavy atom. The molecule has 1 aromatic rings. The molecule has 1 fully saturated rings. The summed E-state index contributed by atoms with van der Waals surface area (Å²) in [7, 11) is 0. The topological polar surface area (TPSA) is 24.5 Å². The summed E-state index contributed by atoms with van der Waals surface area (Å²) in [6.07, 6.45) is 1.55. The van der Waals surface area contributed by atoms with E-state index in [-0.39, 0.29) is 0 Å². The molecular formula is C17H28N2OS. The fourth-order valence-electron chi connectivity index (χ4n) is 2.51. The number of nitrogens with one attached hydrogen (secondary N) is 1. The average molecular weight is 308 g/mol. The van der Waals surface area contributed by atoms with Crippen LogP contribution >= 0.6 is 11.8 Å². The molecule has 0 radical (unpaired) electrons. The van der Waals surface area contributed by atoms with Crippen LogP contribution in [0, 0.1) is 0 Å². The van der Waals surface area contributed by atoms with Crippen LogP contribution in [0.4, 0.5) is 0 Å². The molecule has 0 saturated carbocycles. The van der Waals surface area contributed by atoms with E-state index in [1.807, 2.05) is 11.8 Å². The molecule has 0 aliphatic carbocycles. The van der Waals surface area contributed by atoms with Crippen LogP contribution in [0.3, 0.4) is 0 Å². The fraction of sp³-hybridized carbons (Fsp3) is 0.647. The highest BCUT2D eigenvalue weighted by molar-refractivity contribution is 7.99. The molecule has 0 amide bonds. The SMILES string of the molecule is CCCNCc1cccc(SCC2CN(CC)CCO2)c1. The lowest BCUT2D eigenvalue weighted by atomic mass is 10.2. The molecule has 1 N–H and O–H groups in total. The molecule has 1 saturated heterocycles. The van der Waals surface area contributed by atoms with Gasteiger partial charge in [-0.1, -0.05) is 26.0 Å². The number of morpholine rings is 1. The van der Waals surface area contributed by atoms with Gasteiger partial charge >= 0.3 is 0 Å². The molecule has 3 nitrogen and oxygen atoms in total. The summed E-state index contributed by atoms with van der Waals surface area (Å²) in [5.74, 6) is 1.04. The molecular weight excluding hydrogens is 280 g/mol. The van der Waals surface area contributed by atoms with Crippen LogP contribution in [0.5, 0.6) is 0 Å². The van der Waals surface area contributed by atoms with Gasteiger partial charge in [0.05, 0.1) is 12.7 Å². The summed E-state index contributed by atoms with van der Waals surface area (Å²) < 4.78 is 5.87. The van der Waals surface area contributed by atoms with Gasteiger partial charge in [-0.05, 0) is 37.2 Å². The maximum atomic E-state index is 5.87. The second kappa shape index (κ2) is 9.46. The zero-order valence-corrected chi connectivity index (χ0v) is 14.1. The van der Waals surface area contributed by atoms with Crippen molar-refractivity contribution >= 4 is 11.8 Å². The summed E-state index contributed by atoms with van der Waals surface area (Å²) in [5.41, 5.74) is 1.37. The number of hydrogen-bond donors (Lipinski definition) is 1. The van der Waals surface area contributed by atoms with Gasteiger partial charge in [-0.3, -0.25) is 4.90 Å². The minimum atomic E-state index is 0.366. The van der Waals surface area contributed by atoms with Crippen molar-refractivity contribution in [3.05, 3.63) is 29.8 Å². The highest BCUT2D eigenvalue weighted by Gasteiger charge is 2.19. The highest BCUT2D eigenvalue weighted by atomic mass is 32.2. The van der Waals surface area contributed by atoms with Gasteiger partial charge in [-0.15, -0.1) is 11.8 Å². The standard InChI is InChI=1S/C17H28N2OS/c1-3-8-18-12-15-6-5-7-17(11-15)21-14-16-13-19(4-2)9-10-20-16/h5-7,11,16,18H,3-4,8-10,12-14H2,1-2H3. The maximum absolute atomic E-state index is 5.87. The van der Waals surface area contributed by atoms with Crippen molar-refractivity contribution in [2.24, 2.45) is 0 Å². The quantitative estimate of drug-likeness (QED) is 0.589. The van der Waals surface area contributed by atoms with Gasteiger partial charge in [0, 0.05) is 30.3 Å². The molecule has 1 unspecified atom stereocenters. The Morgan fingerprint density at radius 3 is 3.10 bits per heavy atom. The zero-order valence-electron chi connectivity index (χ0n) is 13.3. The van der Waals surface area contributed by atoms with E-state index in [4.69, 9.17) is 4.74 Å². The summed E-state index contributed by atoms with van der Waals surface area (Å²) in [5, 5.41) is 3.46. The molecule has 0 aromatic heterocycles. The zero-order chi connectivity index (χ0) is 14.9. The smallest absolute Gasteiger partial charge is 0.0796 e. The lowest BCUT2D eigenvalue weighted by Crippen LogP contribution is -2.43. The van der Waals surface area contributed by atoms with Crippen molar-refractivity contribution in [2.45, 2.75) is 37.8 Å². The molecule has 1 aromatic carbocycles. The van der Waals surface area contributed by atoms with Crippen molar-refractivity contribution < 1.29 is 4.74 Å². The van der Waals surface area contributed by atoms with Crippen molar-refractivity contribution in [1.82, 2.24) is 10.2 Å². The Bertz CT molecular complexity index is 414. The number of benzene rings is 1. The van der Waals surface area contributed by atoms with Crippen molar-refractivity contribution in [3.63, 3.8) is 0 Å². The predicted molar refractivity (Wildman–Crippen MR) is 91.0 cm³/mol. The van der Waals surface area contributed by atoms with E-state index < -0.39 is 0 Å². The second-order valence-electron chi connectivity index (χ2n) is 5.52. The van der Waals surface area contributed by atoms with Gasteiger partial charge in [0.25, 0.3) is 0 Å². The number of thioether (sulfide) groups is 1. The van der Waals surface area contributed by atoms with Crippen molar-refractivity contribution in [1.29, 1.82) is 0 Å². The molecule has 1 aliphatic heterocycles. The minimum absolute atomic E-state index is 0.366. The molecule has 2 rings (SSSR count). The number of likely N-dealkylation sites (N-methyl/N-ethyl adjacent to an activating group) is 1. The van der Waals surface area contributed by atoms with E-state index in [9.17, 15) is 0 Å². The summed E-state index contributed by atoms with van der Waals surface area (Å²) in [4.78, 5) is 3.82. The highest BCUT2D eigenvalue weighted by Crippen LogP contribution is 2.22. The maximum Gasteiger partial charge on any atom is 0.0796 e. The van der Waals surface area contributed by atoms with Crippen LogP contribution in [0.15, 0.2) is 29.2 Å². The van der Waals surface area contributed by atoms with E-state index in [0.717, 1.165) is 45.1 Å². The van der Waals surface area contributed by atoms with E-state index in [2.05, 4.69) is 48.3 Å². The monoisotopic (exact) mass is 308 g/mol. The summed E-state index contributed by atoms with van der Waals surface area (Å²) >= 11 is 1.91. The first-order valence-corrected chi connectivity index (χ1v) is 9.06. The normalized spacial score (nSPS) is 19.8. The Labute approximate surface area is 133 Å². The molecule has 1 heterocycles. The van der Waals surface area contributed by atoms with Crippen molar-refractivity contribution in [3.8, 4) is 0 Å². The van der Waals surface area contributed by atoms with Gasteiger partial charge in [-0.25, -0.2) is 0 Å². The Kier molecular flexibility index (Phi) is 7.58. The predicted octanol–water partition coefficient (Wildman–Crippen LogP) is 3.00. The third-order valence-corrected chi connectivity index (χ3v) is 4.89. The van der Waals surface area contributed by atoms with Gasteiger partial charge in [0.15, 0.2) is 0 Å². The van der Waals surface area contributed by atoms with Crippen molar-refractivity contribution in [2.75, 3.05) is 38.5 Å². The van der Waals surface area contributed by atoms with Gasteiger partial charge in [-0.2, -0.15) is 0 Å². The third-order valence-electron chi connectivity index (χ3n) is 3.76. The molecule has 0 spiro atoms. The average Bonchev–Trinajstić information content (AvgIpc) is 2.54. The molecule has 4 heteroatoms. The first-order valence-electron chi connectivity index (χ1n) is 8.08. The molecule has 21 heavy (non-hydrogen) atoms. The van der Waals surface area contributed by atoms with Crippen LogP contribution in [0.2, 0.25) is 0 Å². The van der Waals surface area contributed by atoms with E-state index >= 15 is 0 Å². The summed E-state index contributed by atoms with van der Waals surface area (Å²) in [6.45, 7) is 10.6. The number of hydrogen-bond acceptors (Lipinski definition) is 4. The largest absolute Gasteiger partial charge is 0.375 e. The molecule has 0 bridgehead atoms. The minimum Gasteiger partial charge on any atom is -0.375 e. The van der Waals surface area contributed by atoms with Crippen LogP contribution in [-0.4, -0.2) is 49.5 Å². The van der Waals surface area contributed by atoms with Gasteiger partial charge in [0.1, 0.15) is 0 Å². The Morgan fingerprint density at radius 1 is 1.38 bits per heavy atom. The van der Waals surface area contributed by atoms with Crippen LogP contribution in [0.1, 0.15) is 25.8 Å². The van der Waals surface area contributed by atoms with E-state index in [0.29, 0.717) is 6.10 Å². The second-order valence-corrected chi connectivity index (χ2v) is 6.61. The van der Waals surface area contributed by atoms with Crippen LogP contribution in [-0.2, 0) is 11.3 Å². The first-order chi connectivity index (χ1) is 10.3. The van der Waals surface area contributed by atoms with Gasteiger partial charge < -0.3 is 10.1 Å². The van der Waals surface area contributed by atoms with Gasteiger partial charge in [0.2, 0.25) is 0 Å². The summed E-state index contributed by atoms with van der Waals surface area (Å²) in [6, 6.07) is 8.86.